The maximum atomic E-state index is 12.2. The topological polar surface area (TPSA) is 81.4 Å². The van der Waals surface area contributed by atoms with Crippen molar-refractivity contribution in [2.24, 2.45) is 5.73 Å². The molecule has 0 aromatic heterocycles. The molecule has 0 bridgehead atoms. The van der Waals surface area contributed by atoms with Gasteiger partial charge in [-0.1, -0.05) is 11.6 Å². The summed E-state index contributed by atoms with van der Waals surface area (Å²) in [6.07, 6.45) is -2.58. The van der Waals surface area contributed by atoms with Crippen LogP contribution in [0.25, 0.3) is 0 Å². The zero-order valence-electron chi connectivity index (χ0n) is 11.4. The van der Waals surface area contributed by atoms with Gasteiger partial charge in [-0.05, 0) is 30.2 Å². The Morgan fingerprint density at radius 3 is 2.67 bits per heavy atom. The Hall–Kier alpha value is -0.800. The van der Waals surface area contributed by atoms with Crippen LogP contribution in [0.3, 0.4) is 0 Å². The summed E-state index contributed by atoms with van der Waals surface area (Å²) in [4.78, 5) is 0.0179. The number of ether oxygens (including phenoxy) is 1. The Morgan fingerprint density at radius 1 is 1.43 bits per heavy atom. The van der Waals surface area contributed by atoms with Crippen molar-refractivity contribution in [3.05, 3.63) is 28.3 Å². The molecule has 3 N–H and O–H groups in total. The summed E-state index contributed by atoms with van der Waals surface area (Å²) in [6.45, 7) is 0.800. The van der Waals surface area contributed by atoms with Crippen LogP contribution in [-0.4, -0.2) is 34.6 Å². The second kappa shape index (κ2) is 8.00. The quantitative estimate of drug-likeness (QED) is 0.704. The van der Waals surface area contributed by atoms with E-state index in [2.05, 4.69) is 9.46 Å². The fourth-order valence-corrected chi connectivity index (χ4v) is 3.33. The third kappa shape index (κ3) is 5.48. The first-order valence-electron chi connectivity index (χ1n) is 6.12. The molecule has 0 atom stereocenters. The molecule has 0 aliphatic carbocycles. The first kappa shape index (κ1) is 18.2. The lowest BCUT2D eigenvalue weighted by molar-refractivity contribution is 0.0199. The monoisotopic (exact) mass is 342 g/mol. The molecule has 0 saturated heterocycles. The maximum absolute atomic E-state index is 12.2. The van der Waals surface area contributed by atoms with Crippen molar-refractivity contribution in [1.29, 1.82) is 0 Å². The Morgan fingerprint density at radius 2 is 2.10 bits per heavy atom. The minimum Gasteiger partial charge on any atom is -0.374 e. The lowest BCUT2D eigenvalue weighted by Crippen LogP contribution is -2.29. The van der Waals surface area contributed by atoms with Crippen molar-refractivity contribution in [2.75, 3.05) is 19.8 Å². The fraction of sp³-hybridized carbons (Fsp3) is 0.500. The number of nitrogens with one attached hydrogen (secondary N) is 1. The van der Waals surface area contributed by atoms with E-state index in [1.165, 1.54) is 6.07 Å². The predicted molar refractivity (Wildman–Crippen MR) is 76.1 cm³/mol. The Bertz CT molecular complexity index is 582. The van der Waals surface area contributed by atoms with Crippen LogP contribution in [0, 0.1) is 6.92 Å². The molecule has 0 amide bonds. The summed E-state index contributed by atoms with van der Waals surface area (Å²) >= 11 is 5.87. The second-order valence-electron chi connectivity index (χ2n) is 4.26. The van der Waals surface area contributed by atoms with Crippen LogP contribution in [0.1, 0.15) is 11.1 Å². The maximum Gasteiger partial charge on any atom is 0.261 e. The molecule has 0 radical (unpaired) electrons. The molecule has 9 heteroatoms. The number of benzene rings is 1. The first-order valence-corrected chi connectivity index (χ1v) is 7.98. The van der Waals surface area contributed by atoms with E-state index < -0.39 is 23.1 Å². The minimum atomic E-state index is -3.80. The average Bonchev–Trinajstić information content (AvgIpc) is 2.40. The van der Waals surface area contributed by atoms with E-state index in [4.69, 9.17) is 17.3 Å². The normalized spacial score (nSPS) is 12.1. The predicted octanol–water partition coefficient (Wildman–Crippen LogP) is 1.67. The van der Waals surface area contributed by atoms with Crippen LogP contribution in [0.4, 0.5) is 8.78 Å². The van der Waals surface area contributed by atoms with Crippen molar-refractivity contribution < 1.29 is 21.9 Å². The summed E-state index contributed by atoms with van der Waals surface area (Å²) in [5.74, 6) is 0. The highest BCUT2D eigenvalue weighted by atomic mass is 35.5. The van der Waals surface area contributed by atoms with Gasteiger partial charge in [-0.3, -0.25) is 0 Å². The summed E-state index contributed by atoms with van der Waals surface area (Å²) < 4.78 is 54.9. The van der Waals surface area contributed by atoms with Crippen LogP contribution in [-0.2, 0) is 21.3 Å². The number of rotatable bonds is 8. The smallest absolute Gasteiger partial charge is 0.261 e. The standard InChI is InChI=1S/C12H17ClF2N2O3S/c1-8-9(6-16)4-10(13)5-11(8)21(18,19)17-2-3-20-7-12(14)15/h4-5,12,17H,2-3,6-7,16H2,1H3. The summed E-state index contributed by atoms with van der Waals surface area (Å²) in [6, 6.07) is 2.92. The van der Waals surface area contributed by atoms with Gasteiger partial charge in [-0.2, -0.15) is 0 Å². The van der Waals surface area contributed by atoms with E-state index in [-0.39, 0.29) is 29.6 Å². The van der Waals surface area contributed by atoms with Crippen molar-refractivity contribution in [1.82, 2.24) is 4.72 Å². The first-order chi connectivity index (χ1) is 9.77. The van der Waals surface area contributed by atoms with Crippen LogP contribution in [0.5, 0.6) is 0 Å². The molecule has 5 nitrogen and oxygen atoms in total. The van der Waals surface area contributed by atoms with Gasteiger partial charge in [0.2, 0.25) is 10.0 Å². The number of alkyl halides is 2. The van der Waals surface area contributed by atoms with Gasteiger partial charge in [0.25, 0.3) is 6.43 Å². The summed E-state index contributed by atoms with van der Waals surface area (Å²) in [5, 5.41) is 0.260. The molecule has 120 valence electrons. The molecular weight excluding hydrogens is 326 g/mol. The molecule has 1 rings (SSSR count). The lowest BCUT2D eigenvalue weighted by Gasteiger charge is -2.13. The molecule has 0 aliphatic heterocycles. The Kier molecular flexibility index (Phi) is 6.95. The zero-order chi connectivity index (χ0) is 16.0. The van der Waals surface area contributed by atoms with Gasteiger partial charge >= 0.3 is 0 Å². The third-order valence-corrected chi connectivity index (χ3v) is 4.53. The molecule has 0 spiro atoms. The number of halogens is 3. The number of hydrogen-bond acceptors (Lipinski definition) is 4. The van der Waals surface area contributed by atoms with Crippen molar-refractivity contribution >= 4 is 21.6 Å². The Labute approximate surface area is 127 Å². The van der Waals surface area contributed by atoms with Gasteiger partial charge in [0.1, 0.15) is 6.61 Å². The molecule has 0 unspecified atom stereocenters. The van der Waals surface area contributed by atoms with E-state index in [0.717, 1.165) is 0 Å². The van der Waals surface area contributed by atoms with Crippen LogP contribution in [0.2, 0.25) is 5.02 Å². The van der Waals surface area contributed by atoms with Crippen molar-refractivity contribution in [3.63, 3.8) is 0 Å². The van der Waals surface area contributed by atoms with E-state index in [1.807, 2.05) is 0 Å². The molecule has 0 fully saturated rings. The van der Waals surface area contributed by atoms with Crippen LogP contribution in [0.15, 0.2) is 17.0 Å². The highest BCUT2D eigenvalue weighted by Crippen LogP contribution is 2.24. The average molecular weight is 343 g/mol. The molecule has 0 aliphatic rings. The van der Waals surface area contributed by atoms with Gasteiger partial charge in [0, 0.05) is 18.1 Å². The number of sulfonamides is 1. The van der Waals surface area contributed by atoms with Gasteiger partial charge in [-0.25, -0.2) is 21.9 Å². The zero-order valence-corrected chi connectivity index (χ0v) is 13.0. The summed E-state index contributed by atoms with van der Waals surface area (Å²) in [5.41, 5.74) is 6.66. The van der Waals surface area contributed by atoms with Gasteiger partial charge in [0.05, 0.1) is 11.5 Å². The second-order valence-corrected chi connectivity index (χ2v) is 6.43. The minimum absolute atomic E-state index is 0.0179. The van der Waals surface area contributed by atoms with Crippen LogP contribution >= 0.6 is 11.6 Å². The fourth-order valence-electron chi connectivity index (χ4n) is 1.70. The van der Waals surface area contributed by atoms with Gasteiger partial charge < -0.3 is 10.5 Å². The third-order valence-electron chi connectivity index (χ3n) is 2.72. The molecule has 1 aromatic rings. The van der Waals surface area contributed by atoms with Crippen molar-refractivity contribution in [3.8, 4) is 0 Å². The largest absolute Gasteiger partial charge is 0.374 e. The van der Waals surface area contributed by atoms with Crippen molar-refractivity contribution in [2.45, 2.75) is 24.8 Å². The van der Waals surface area contributed by atoms with Gasteiger partial charge in [0.15, 0.2) is 0 Å². The molecule has 21 heavy (non-hydrogen) atoms. The lowest BCUT2D eigenvalue weighted by atomic mass is 10.1. The molecule has 1 aromatic carbocycles. The summed E-state index contributed by atoms with van der Waals surface area (Å²) in [7, 11) is -3.80. The van der Waals surface area contributed by atoms with E-state index in [0.29, 0.717) is 11.1 Å². The van der Waals surface area contributed by atoms with E-state index in [1.54, 1.807) is 13.0 Å². The molecule has 0 heterocycles. The molecule has 0 saturated carbocycles. The molecular formula is C12H17ClF2N2O3S. The highest BCUT2D eigenvalue weighted by Gasteiger charge is 2.19. The van der Waals surface area contributed by atoms with Gasteiger partial charge in [-0.15, -0.1) is 0 Å². The number of hydrogen-bond donors (Lipinski definition) is 2. The number of nitrogens with two attached hydrogens (primary N) is 1. The SMILES string of the molecule is Cc1c(CN)cc(Cl)cc1S(=O)(=O)NCCOCC(F)F. The highest BCUT2D eigenvalue weighted by molar-refractivity contribution is 7.89. The van der Waals surface area contributed by atoms with Crippen LogP contribution < -0.4 is 10.5 Å². The van der Waals surface area contributed by atoms with E-state index in [9.17, 15) is 17.2 Å². The van der Waals surface area contributed by atoms with E-state index >= 15 is 0 Å². The Balaban J connectivity index is 2.77.